The second-order valence-corrected chi connectivity index (χ2v) is 6.49. The highest BCUT2D eigenvalue weighted by Crippen LogP contribution is 2.37. The third-order valence-corrected chi connectivity index (χ3v) is 4.94. The number of aromatic nitrogens is 2. The molecule has 1 aromatic heterocycles. The zero-order chi connectivity index (χ0) is 16.3. The number of rotatable bonds is 0. The third kappa shape index (κ3) is 1.90. The Bertz CT molecular complexity index is 1280. The summed E-state index contributed by atoms with van der Waals surface area (Å²) in [4.78, 5) is 8.41. The highest BCUT2D eigenvalue weighted by molar-refractivity contribution is 6.37. The molecule has 0 spiro atoms. The second kappa shape index (κ2) is 5.04. The lowest BCUT2D eigenvalue weighted by atomic mass is 9.93. The molecule has 0 bridgehead atoms. The van der Waals surface area contributed by atoms with Gasteiger partial charge in [-0.05, 0) is 56.1 Å². The van der Waals surface area contributed by atoms with E-state index in [4.69, 9.17) is 23.2 Å². The van der Waals surface area contributed by atoms with Gasteiger partial charge < -0.3 is 0 Å². The molecule has 5 aromatic rings. The van der Waals surface area contributed by atoms with Gasteiger partial charge in [0.15, 0.2) is 0 Å². The van der Waals surface area contributed by atoms with Crippen molar-refractivity contribution in [3.8, 4) is 0 Å². The summed E-state index contributed by atoms with van der Waals surface area (Å²) in [6.45, 7) is 0. The standard InChI is InChI=1S/C20H10Cl2N2/c21-19-17-9-15-13-7-3-1-5-11(13)12-6-2-4-8-14(12)16(15)10-18(17)23-20(22)24-19/h1-10H. The summed E-state index contributed by atoms with van der Waals surface area (Å²) in [5.41, 5.74) is 0.757. The topological polar surface area (TPSA) is 25.8 Å². The molecule has 1 heterocycles. The Morgan fingerprint density at radius 2 is 1.04 bits per heavy atom. The van der Waals surface area contributed by atoms with Crippen LogP contribution in [0.5, 0.6) is 0 Å². The van der Waals surface area contributed by atoms with Gasteiger partial charge in [-0.15, -0.1) is 0 Å². The molecule has 0 radical (unpaired) electrons. The Morgan fingerprint density at radius 3 is 1.62 bits per heavy atom. The molecular weight excluding hydrogens is 339 g/mol. The van der Waals surface area contributed by atoms with E-state index in [2.05, 4.69) is 70.6 Å². The van der Waals surface area contributed by atoms with Crippen molar-refractivity contribution in [3.05, 3.63) is 71.1 Å². The van der Waals surface area contributed by atoms with Crippen molar-refractivity contribution in [2.75, 3.05) is 0 Å². The number of benzene rings is 4. The van der Waals surface area contributed by atoms with Crippen LogP contribution in [0.15, 0.2) is 60.7 Å². The molecular formula is C20H10Cl2N2. The first-order valence-electron chi connectivity index (χ1n) is 7.58. The summed E-state index contributed by atoms with van der Waals surface area (Å²) in [7, 11) is 0. The van der Waals surface area contributed by atoms with E-state index in [1.165, 1.54) is 21.5 Å². The van der Waals surface area contributed by atoms with Gasteiger partial charge in [0.25, 0.3) is 0 Å². The maximum absolute atomic E-state index is 6.30. The number of nitrogens with zero attached hydrogens (tertiary/aromatic N) is 2. The number of hydrogen-bond acceptors (Lipinski definition) is 2. The van der Waals surface area contributed by atoms with Gasteiger partial charge in [-0.2, -0.15) is 0 Å². The van der Waals surface area contributed by atoms with E-state index < -0.39 is 0 Å². The van der Waals surface area contributed by atoms with Gasteiger partial charge in [0.1, 0.15) is 5.15 Å². The minimum Gasteiger partial charge on any atom is -0.218 e. The fourth-order valence-electron chi connectivity index (χ4n) is 3.46. The van der Waals surface area contributed by atoms with Crippen molar-refractivity contribution in [2.45, 2.75) is 0 Å². The molecule has 5 rings (SSSR count). The van der Waals surface area contributed by atoms with Crippen LogP contribution in [-0.2, 0) is 0 Å². The Balaban J connectivity index is 2.14. The van der Waals surface area contributed by atoms with Crippen LogP contribution in [0.3, 0.4) is 0 Å². The maximum Gasteiger partial charge on any atom is 0.224 e. The molecule has 0 saturated carbocycles. The molecule has 4 heteroatoms. The Morgan fingerprint density at radius 1 is 0.542 bits per heavy atom. The highest BCUT2D eigenvalue weighted by Gasteiger charge is 2.12. The van der Waals surface area contributed by atoms with E-state index in [-0.39, 0.29) is 5.28 Å². The normalized spacial score (nSPS) is 11.8. The van der Waals surface area contributed by atoms with Crippen molar-refractivity contribution in [1.29, 1.82) is 0 Å². The van der Waals surface area contributed by atoms with Gasteiger partial charge in [0.05, 0.1) is 5.52 Å². The first-order valence-corrected chi connectivity index (χ1v) is 8.34. The first-order chi connectivity index (χ1) is 11.7. The fourth-order valence-corrected chi connectivity index (χ4v) is 3.91. The van der Waals surface area contributed by atoms with Crippen LogP contribution in [0, 0.1) is 0 Å². The van der Waals surface area contributed by atoms with Crippen molar-refractivity contribution in [3.63, 3.8) is 0 Å². The number of halogens is 2. The average Bonchev–Trinajstić information content (AvgIpc) is 2.61. The first kappa shape index (κ1) is 14.0. The molecule has 0 unspecified atom stereocenters. The van der Waals surface area contributed by atoms with E-state index in [0.717, 1.165) is 21.7 Å². The predicted molar refractivity (Wildman–Crippen MR) is 102 cm³/mol. The Labute approximate surface area is 147 Å². The lowest BCUT2D eigenvalue weighted by molar-refractivity contribution is 1.22. The van der Waals surface area contributed by atoms with Crippen LogP contribution < -0.4 is 0 Å². The smallest absolute Gasteiger partial charge is 0.218 e. The molecule has 24 heavy (non-hydrogen) atoms. The summed E-state index contributed by atoms with van der Waals surface area (Å²) >= 11 is 12.3. The largest absolute Gasteiger partial charge is 0.224 e. The van der Waals surface area contributed by atoms with Crippen molar-refractivity contribution in [1.82, 2.24) is 9.97 Å². The summed E-state index contributed by atoms with van der Waals surface area (Å²) < 4.78 is 0. The van der Waals surface area contributed by atoms with E-state index >= 15 is 0 Å². The highest BCUT2D eigenvalue weighted by atomic mass is 35.5. The molecule has 0 aliphatic rings. The summed E-state index contributed by atoms with van der Waals surface area (Å²) in [5.74, 6) is 0. The zero-order valence-electron chi connectivity index (χ0n) is 12.4. The maximum atomic E-state index is 6.30. The third-order valence-electron chi connectivity index (χ3n) is 4.49. The molecule has 0 atom stereocenters. The van der Waals surface area contributed by atoms with E-state index in [1.54, 1.807) is 0 Å². The van der Waals surface area contributed by atoms with Crippen molar-refractivity contribution in [2.24, 2.45) is 0 Å². The van der Waals surface area contributed by atoms with Crippen LogP contribution in [0.25, 0.3) is 43.2 Å². The Hall–Kier alpha value is -2.42. The second-order valence-electron chi connectivity index (χ2n) is 5.79. The minimum absolute atomic E-state index is 0.164. The average molecular weight is 349 g/mol. The van der Waals surface area contributed by atoms with Gasteiger partial charge in [0.2, 0.25) is 5.28 Å². The molecule has 0 N–H and O–H groups in total. The van der Waals surface area contributed by atoms with Gasteiger partial charge in [0, 0.05) is 5.39 Å². The molecule has 0 amide bonds. The minimum atomic E-state index is 0.164. The lowest BCUT2D eigenvalue weighted by Crippen LogP contribution is -1.89. The van der Waals surface area contributed by atoms with E-state index in [1.807, 2.05) is 0 Å². The van der Waals surface area contributed by atoms with Crippen LogP contribution in [0.2, 0.25) is 10.4 Å². The van der Waals surface area contributed by atoms with Crippen LogP contribution in [-0.4, -0.2) is 9.97 Å². The molecule has 4 aromatic carbocycles. The quantitative estimate of drug-likeness (QED) is 0.140. The molecule has 0 aliphatic heterocycles. The van der Waals surface area contributed by atoms with Crippen molar-refractivity contribution < 1.29 is 0 Å². The molecule has 114 valence electrons. The molecule has 2 nitrogen and oxygen atoms in total. The van der Waals surface area contributed by atoms with Gasteiger partial charge in [-0.3, -0.25) is 0 Å². The van der Waals surface area contributed by atoms with Crippen LogP contribution in [0.4, 0.5) is 0 Å². The van der Waals surface area contributed by atoms with Crippen LogP contribution >= 0.6 is 23.2 Å². The zero-order valence-corrected chi connectivity index (χ0v) is 13.9. The van der Waals surface area contributed by atoms with Gasteiger partial charge in [-0.25, -0.2) is 9.97 Å². The predicted octanol–water partition coefficient (Wildman–Crippen LogP) is 6.40. The molecule has 0 fully saturated rings. The Kier molecular flexibility index (Phi) is 2.93. The fraction of sp³-hybridized carbons (Fsp3) is 0. The van der Waals surface area contributed by atoms with Gasteiger partial charge >= 0.3 is 0 Å². The summed E-state index contributed by atoms with van der Waals surface area (Å²) in [6.07, 6.45) is 0. The summed E-state index contributed by atoms with van der Waals surface area (Å²) in [5, 5.41) is 8.48. The van der Waals surface area contributed by atoms with E-state index in [9.17, 15) is 0 Å². The number of fused-ring (bicyclic) bond motifs is 7. The van der Waals surface area contributed by atoms with Gasteiger partial charge in [-0.1, -0.05) is 60.1 Å². The SMILES string of the molecule is Clc1nc(Cl)c2cc3c4ccccc4c4ccccc4c3cc2n1. The molecule has 0 saturated heterocycles. The van der Waals surface area contributed by atoms with Crippen molar-refractivity contribution >= 4 is 66.4 Å². The van der Waals surface area contributed by atoms with E-state index in [0.29, 0.717) is 5.15 Å². The van der Waals surface area contributed by atoms with Crippen LogP contribution in [0.1, 0.15) is 0 Å². The molecule has 0 aliphatic carbocycles. The summed E-state index contributed by atoms with van der Waals surface area (Å²) in [6, 6.07) is 21.0. The lowest BCUT2D eigenvalue weighted by Gasteiger charge is -2.11. The monoisotopic (exact) mass is 348 g/mol. The number of hydrogen-bond donors (Lipinski definition) is 0.